The first-order valence-electron chi connectivity index (χ1n) is 3.60. The van der Waals surface area contributed by atoms with E-state index in [9.17, 15) is 5.11 Å². The minimum Gasteiger partial charge on any atom is -0.497 e. The number of benzene rings is 1. The highest BCUT2D eigenvalue weighted by atomic mass is 16.6. The van der Waals surface area contributed by atoms with Gasteiger partial charge in [-0.05, 0) is 12.1 Å². The molecule has 0 bridgehead atoms. The van der Waals surface area contributed by atoms with Crippen LogP contribution in [-0.2, 0) is 9.84 Å². The molecule has 0 saturated heterocycles. The van der Waals surface area contributed by atoms with Gasteiger partial charge in [0, 0.05) is 12.7 Å². The van der Waals surface area contributed by atoms with E-state index < -0.39 is 6.29 Å². The Bertz CT molecular complexity index is 247. The SMILES string of the molecule is COc1cccc(C([O])OC)c1. The maximum atomic E-state index is 11.1. The molecule has 12 heavy (non-hydrogen) atoms. The van der Waals surface area contributed by atoms with Gasteiger partial charge < -0.3 is 9.47 Å². The Labute approximate surface area is 71.5 Å². The Kier molecular flexibility index (Phi) is 3.08. The van der Waals surface area contributed by atoms with Gasteiger partial charge in [-0.25, -0.2) is 0 Å². The van der Waals surface area contributed by atoms with E-state index in [2.05, 4.69) is 4.74 Å². The number of hydrogen-bond acceptors (Lipinski definition) is 2. The van der Waals surface area contributed by atoms with E-state index in [1.807, 2.05) is 0 Å². The van der Waals surface area contributed by atoms with Gasteiger partial charge in [-0.3, -0.25) is 0 Å². The topological polar surface area (TPSA) is 38.4 Å². The molecule has 65 valence electrons. The van der Waals surface area contributed by atoms with Crippen LogP contribution in [0.2, 0.25) is 0 Å². The second-order valence-corrected chi connectivity index (χ2v) is 2.34. The van der Waals surface area contributed by atoms with Gasteiger partial charge in [0.05, 0.1) is 7.11 Å². The molecule has 1 atom stereocenters. The Morgan fingerprint density at radius 3 is 2.67 bits per heavy atom. The van der Waals surface area contributed by atoms with Crippen LogP contribution in [0.3, 0.4) is 0 Å². The summed E-state index contributed by atoms with van der Waals surface area (Å²) in [5.74, 6) is 0.672. The molecule has 3 heteroatoms. The van der Waals surface area contributed by atoms with Crippen molar-refractivity contribution in [3.05, 3.63) is 29.8 Å². The third-order valence-corrected chi connectivity index (χ3v) is 1.58. The van der Waals surface area contributed by atoms with Crippen molar-refractivity contribution in [2.75, 3.05) is 14.2 Å². The van der Waals surface area contributed by atoms with Crippen LogP contribution in [0.25, 0.3) is 0 Å². The highest BCUT2D eigenvalue weighted by Crippen LogP contribution is 2.19. The predicted octanol–water partition coefficient (Wildman–Crippen LogP) is 1.77. The zero-order valence-corrected chi connectivity index (χ0v) is 7.11. The minimum absolute atomic E-state index is 0.580. The molecule has 0 aromatic heterocycles. The second-order valence-electron chi connectivity index (χ2n) is 2.34. The zero-order valence-electron chi connectivity index (χ0n) is 7.11. The van der Waals surface area contributed by atoms with Gasteiger partial charge in [-0.2, -0.15) is 5.11 Å². The molecule has 0 spiro atoms. The lowest BCUT2D eigenvalue weighted by Crippen LogP contribution is -1.97. The molecule has 0 heterocycles. The molecule has 0 fully saturated rings. The highest BCUT2D eigenvalue weighted by Gasteiger charge is 2.07. The molecular weight excluding hydrogens is 156 g/mol. The molecule has 1 radical (unpaired) electrons. The normalized spacial score (nSPS) is 12.6. The summed E-state index contributed by atoms with van der Waals surface area (Å²) in [6.07, 6.45) is -1.12. The van der Waals surface area contributed by atoms with Crippen LogP contribution >= 0.6 is 0 Å². The van der Waals surface area contributed by atoms with Crippen molar-refractivity contribution in [2.45, 2.75) is 6.29 Å². The molecule has 0 aliphatic rings. The lowest BCUT2D eigenvalue weighted by molar-refractivity contribution is -0.123. The summed E-state index contributed by atoms with van der Waals surface area (Å²) >= 11 is 0. The van der Waals surface area contributed by atoms with Crippen LogP contribution in [0.5, 0.6) is 5.75 Å². The first-order chi connectivity index (χ1) is 5.77. The van der Waals surface area contributed by atoms with Crippen molar-refractivity contribution in [1.29, 1.82) is 0 Å². The zero-order chi connectivity index (χ0) is 8.97. The maximum Gasteiger partial charge on any atom is 0.217 e. The van der Waals surface area contributed by atoms with Crippen molar-refractivity contribution < 1.29 is 14.6 Å². The first kappa shape index (κ1) is 9.03. The second kappa shape index (κ2) is 4.09. The lowest BCUT2D eigenvalue weighted by atomic mass is 10.2. The van der Waals surface area contributed by atoms with Crippen molar-refractivity contribution in [3.8, 4) is 5.75 Å². The van der Waals surface area contributed by atoms with E-state index >= 15 is 0 Å². The largest absolute Gasteiger partial charge is 0.497 e. The van der Waals surface area contributed by atoms with Crippen LogP contribution in [0.4, 0.5) is 0 Å². The van der Waals surface area contributed by atoms with Gasteiger partial charge in [-0.1, -0.05) is 12.1 Å². The third-order valence-electron chi connectivity index (χ3n) is 1.58. The van der Waals surface area contributed by atoms with Gasteiger partial charge in [0.2, 0.25) is 6.29 Å². The number of rotatable bonds is 3. The fourth-order valence-electron chi connectivity index (χ4n) is 0.924. The fraction of sp³-hybridized carbons (Fsp3) is 0.333. The van der Waals surface area contributed by atoms with Gasteiger partial charge >= 0.3 is 0 Å². The van der Waals surface area contributed by atoms with Crippen LogP contribution in [0.15, 0.2) is 24.3 Å². The van der Waals surface area contributed by atoms with Crippen molar-refractivity contribution >= 4 is 0 Å². The number of methoxy groups -OCH3 is 2. The molecule has 1 aromatic carbocycles. The van der Waals surface area contributed by atoms with Gasteiger partial charge in [0.1, 0.15) is 5.75 Å². The molecule has 0 saturated carbocycles. The van der Waals surface area contributed by atoms with E-state index in [4.69, 9.17) is 4.74 Å². The van der Waals surface area contributed by atoms with Crippen LogP contribution in [0.1, 0.15) is 11.9 Å². The smallest absolute Gasteiger partial charge is 0.217 e. The molecule has 0 aliphatic carbocycles. The number of ether oxygens (including phenoxy) is 2. The van der Waals surface area contributed by atoms with Crippen molar-refractivity contribution in [1.82, 2.24) is 0 Å². The Balaban J connectivity index is 2.86. The maximum absolute atomic E-state index is 11.1. The Hall–Kier alpha value is -1.06. The first-order valence-corrected chi connectivity index (χ1v) is 3.60. The van der Waals surface area contributed by atoms with E-state index in [-0.39, 0.29) is 0 Å². The molecule has 0 amide bonds. The van der Waals surface area contributed by atoms with E-state index in [1.54, 1.807) is 31.4 Å². The van der Waals surface area contributed by atoms with Crippen molar-refractivity contribution in [2.24, 2.45) is 0 Å². The lowest BCUT2D eigenvalue weighted by Gasteiger charge is -2.07. The Morgan fingerprint density at radius 1 is 1.33 bits per heavy atom. The van der Waals surface area contributed by atoms with Gasteiger partial charge in [0.25, 0.3) is 0 Å². The molecule has 1 unspecified atom stereocenters. The quantitative estimate of drug-likeness (QED) is 0.643. The third kappa shape index (κ3) is 1.96. The fourth-order valence-corrected chi connectivity index (χ4v) is 0.924. The average Bonchev–Trinajstić information content (AvgIpc) is 2.17. The summed E-state index contributed by atoms with van der Waals surface area (Å²) in [5, 5.41) is 11.1. The molecule has 3 nitrogen and oxygen atoms in total. The summed E-state index contributed by atoms with van der Waals surface area (Å²) in [6.45, 7) is 0. The van der Waals surface area contributed by atoms with Crippen LogP contribution in [-0.4, -0.2) is 14.2 Å². The summed E-state index contributed by atoms with van der Waals surface area (Å²) in [6, 6.07) is 6.93. The molecule has 0 N–H and O–H groups in total. The van der Waals surface area contributed by atoms with E-state index in [0.717, 1.165) is 0 Å². The molecule has 0 aliphatic heterocycles. The van der Waals surface area contributed by atoms with Crippen molar-refractivity contribution in [3.63, 3.8) is 0 Å². The Morgan fingerprint density at radius 2 is 2.08 bits per heavy atom. The van der Waals surface area contributed by atoms with Gasteiger partial charge in [0.15, 0.2) is 0 Å². The monoisotopic (exact) mass is 167 g/mol. The summed E-state index contributed by atoms with van der Waals surface area (Å²) in [7, 11) is 2.95. The van der Waals surface area contributed by atoms with Crippen LogP contribution < -0.4 is 4.74 Å². The standard InChI is InChI=1S/C9H11O3/c1-11-8-5-3-4-7(6-8)9(10)12-2/h3-6,9H,1-2H3. The van der Waals surface area contributed by atoms with E-state index in [0.29, 0.717) is 11.3 Å². The predicted molar refractivity (Wildman–Crippen MR) is 43.4 cm³/mol. The summed E-state index contributed by atoms with van der Waals surface area (Å²) in [4.78, 5) is 0. The highest BCUT2D eigenvalue weighted by molar-refractivity contribution is 5.28. The number of hydrogen-bond donors (Lipinski definition) is 0. The van der Waals surface area contributed by atoms with Gasteiger partial charge in [-0.15, -0.1) is 0 Å². The average molecular weight is 167 g/mol. The molecule has 1 rings (SSSR count). The molecule has 1 aromatic rings. The minimum atomic E-state index is -1.12. The van der Waals surface area contributed by atoms with E-state index in [1.165, 1.54) is 7.11 Å². The summed E-state index contributed by atoms with van der Waals surface area (Å²) in [5.41, 5.74) is 0.580. The van der Waals surface area contributed by atoms with Crippen LogP contribution in [0, 0.1) is 0 Å². The summed E-state index contributed by atoms with van der Waals surface area (Å²) < 4.78 is 9.58. The molecular formula is C9H11O3.